The van der Waals surface area contributed by atoms with Gasteiger partial charge < -0.3 is 0 Å². The van der Waals surface area contributed by atoms with Gasteiger partial charge in [-0.05, 0) is 5.56 Å². The number of terminal acetylenes is 1. The van der Waals surface area contributed by atoms with Crippen LogP contribution in [0.1, 0.15) is 5.56 Å². The van der Waals surface area contributed by atoms with Gasteiger partial charge in [-0.1, -0.05) is 12.1 Å². The zero-order valence-electron chi connectivity index (χ0n) is 6.36. The number of hydrogen-bond acceptors (Lipinski definition) is 2. The molecular weight excluding hydrogens is 154 g/mol. The third kappa shape index (κ3) is 1.83. The molecule has 3 nitrogen and oxygen atoms in total. The van der Waals surface area contributed by atoms with Gasteiger partial charge in [-0.2, -0.15) is 0 Å². The molecule has 0 fully saturated rings. The molecular formula is C9H7NO2. The topological polar surface area (TPSA) is 43.1 Å². The van der Waals surface area contributed by atoms with Gasteiger partial charge in [0.2, 0.25) is 0 Å². The van der Waals surface area contributed by atoms with Crippen molar-refractivity contribution in [1.29, 1.82) is 0 Å². The Morgan fingerprint density at radius 2 is 2.00 bits per heavy atom. The molecule has 0 atom stereocenters. The van der Waals surface area contributed by atoms with Crippen LogP contribution in [-0.4, -0.2) is 4.92 Å². The second-order valence-electron chi connectivity index (χ2n) is 2.30. The first kappa shape index (κ1) is 8.28. The molecule has 1 aromatic carbocycles. The van der Waals surface area contributed by atoms with E-state index in [9.17, 15) is 10.1 Å². The Balaban J connectivity index is 2.87. The quantitative estimate of drug-likeness (QED) is 0.377. The minimum Gasteiger partial charge on any atom is -0.258 e. The summed E-state index contributed by atoms with van der Waals surface area (Å²) in [6.45, 7) is 0. The third-order valence-corrected chi connectivity index (χ3v) is 1.45. The zero-order valence-corrected chi connectivity index (χ0v) is 6.36. The Morgan fingerprint density at radius 3 is 2.42 bits per heavy atom. The van der Waals surface area contributed by atoms with Crippen molar-refractivity contribution in [2.24, 2.45) is 0 Å². The molecule has 0 saturated heterocycles. The van der Waals surface area contributed by atoms with Crippen LogP contribution >= 0.6 is 0 Å². The third-order valence-electron chi connectivity index (χ3n) is 1.45. The SMILES string of the molecule is C#CCc1ccc([N+](=O)[O-])cc1. The van der Waals surface area contributed by atoms with E-state index in [4.69, 9.17) is 6.42 Å². The minimum atomic E-state index is -0.431. The van der Waals surface area contributed by atoms with Gasteiger partial charge in [0.1, 0.15) is 0 Å². The lowest BCUT2D eigenvalue weighted by molar-refractivity contribution is -0.384. The Morgan fingerprint density at radius 1 is 1.42 bits per heavy atom. The number of non-ortho nitro benzene ring substituents is 1. The first-order chi connectivity index (χ1) is 5.74. The Hall–Kier alpha value is -1.82. The zero-order chi connectivity index (χ0) is 8.97. The second kappa shape index (κ2) is 3.54. The maximum Gasteiger partial charge on any atom is 0.269 e. The number of hydrogen-bond donors (Lipinski definition) is 0. The van der Waals surface area contributed by atoms with Crippen LogP contribution in [0.4, 0.5) is 5.69 Å². The van der Waals surface area contributed by atoms with Crippen molar-refractivity contribution in [2.75, 3.05) is 0 Å². The summed E-state index contributed by atoms with van der Waals surface area (Å²) >= 11 is 0. The number of benzene rings is 1. The van der Waals surface area contributed by atoms with E-state index in [0.29, 0.717) is 6.42 Å². The van der Waals surface area contributed by atoms with E-state index >= 15 is 0 Å². The maximum atomic E-state index is 10.2. The Labute approximate surface area is 70.2 Å². The van der Waals surface area contributed by atoms with Crippen LogP contribution in [0.3, 0.4) is 0 Å². The van der Waals surface area contributed by atoms with Gasteiger partial charge in [0, 0.05) is 18.6 Å². The lowest BCUT2D eigenvalue weighted by atomic mass is 10.1. The van der Waals surface area contributed by atoms with Crippen molar-refractivity contribution in [3.63, 3.8) is 0 Å². The van der Waals surface area contributed by atoms with Crippen LogP contribution < -0.4 is 0 Å². The monoisotopic (exact) mass is 161 g/mol. The molecule has 1 rings (SSSR count). The van der Waals surface area contributed by atoms with Crippen molar-refractivity contribution in [2.45, 2.75) is 6.42 Å². The van der Waals surface area contributed by atoms with E-state index in [-0.39, 0.29) is 5.69 Å². The molecule has 0 unspecified atom stereocenters. The first-order valence-corrected chi connectivity index (χ1v) is 3.41. The molecule has 1 aromatic rings. The van der Waals surface area contributed by atoms with Crippen molar-refractivity contribution in [1.82, 2.24) is 0 Å². The average Bonchev–Trinajstić information content (AvgIpc) is 2.06. The summed E-state index contributed by atoms with van der Waals surface area (Å²) in [7, 11) is 0. The van der Waals surface area contributed by atoms with Crippen LogP contribution in [0.2, 0.25) is 0 Å². The van der Waals surface area contributed by atoms with Crippen molar-refractivity contribution in [3.05, 3.63) is 39.9 Å². The summed E-state index contributed by atoms with van der Waals surface area (Å²) in [4.78, 5) is 9.80. The fourth-order valence-electron chi connectivity index (χ4n) is 0.853. The molecule has 0 bridgehead atoms. The van der Waals surface area contributed by atoms with Gasteiger partial charge in [-0.3, -0.25) is 10.1 Å². The van der Waals surface area contributed by atoms with E-state index in [2.05, 4.69) is 5.92 Å². The van der Waals surface area contributed by atoms with Crippen molar-refractivity contribution >= 4 is 5.69 Å². The van der Waals surface area contributed by atoms with E-state index in [1.807, 2.05) is 0 Å². The van der Waals surface area contributed by atoms with Crippen LogP contribution in [-0.2, 0) is 6.42 Å². The van der Waals surface area contributed by atoms with E-state index in [0.717, 1.165) is 5.56 Å². The number of nitro benzene ring substituents is 1. The molecule has 0 amide bonds. The number of rotatable bonds is 2. The summed E-state index contributed by atoms with van der Waals surface area (Å²) < 4.78 is 0. The van der Waals surface area contributed by atoms with Crippen LogP contribution in [0.25, 0.3) is 0 Å². The molecule has 0 spiro atoms. The molecule has 0 radical (unpaired) electrons. The lowest BCUT2D eigenvalue weighted by Gasteiger charge is -1.93. The summed E-state index contributed by atoms with van der Waals surface area (Å²) in [5, 5.41) is 10.2. The number of nitro groups is 1. The summed E-state index contributed by atoms with van der Waals surface area (Å²) in [6, 6.07) is 6.23. The highest BCUT2D eigenvalue weighted by Gasteiger charge is 2.02. The van der Waals surface area contributed by atoms with Gasteiger partial charge >= 0.3 is 0 Å². The highest BCUT2D eigenvalue weighted by atomic mass is 16.6. The maximum absolute atomic E-state index is 10.2. The molecule has 0 saturated carbocycles. The highest BCUT2D eigenvalue weighted by molar-refractivity contribution is 5.34. The Bertz CT molecular complexity index is 321. The average molecular weight is 161 g/mol. The van der Waals surface area contributed by atoms with E-state index < -0.39 is 4.92 Å². The predicted molar refractivity (Wildman–Crippen MR) is 45.6 cm³/mol. The van der Waals surface area contributed by atoms with Crippen LogP contribution in [0.5, 0.6) is 0 Å². The van der Waals surface area contributed by atoms with E-state index in [1.165, 1.54) is 12.1 Å². The summed E-state index contributed by atoms with van der Waals surface area (Å²) in [5.41, 5.74) is 1.01. The van der Waals surface area contributed by atoms with Crippen molar-refractivity contribution < 1.29 is 4.92 Å². The van der Waals surface area contributed by atoms with Gasteiger partial charge in [0.25, 0.3) is 5.69 Å². The van der Waals surface area contributed by atoms with Gasteiger partial charge in [-0.25, -0.2) is 0 Å². The number of nitrogens with zero attached hydrogens (tertiary/aromatic N) is 1. The molecule has 0 aliphatic carbocycles. The fourth-order valence-corrected chi connectivity index (χ4v) is 0.853. The minimum absolute atomic E-state index is 0.0933. The molecule has 0 heterocycles. The molecule has 0 aliphatic heterocycles. The van der Waals surface area contributed by atoms with Crippen molar-refractivity contribution in [3.8, 4) is 12.3 Å². The standard InChI is InChI=1S/C9H7NO2/c1-2-3-8-4-6-9(7-5-8)10(11)12/h1,4-7H,3H2. The van der Waals surface area contributed by atoms with E-state index in [1.54, 1.807) is 12.1 Å². The smallest absolute Gasteiger partial charge is 0.258 e. The van der Waals surface area contributed by atoms with Gasteiger partial charge in [0.15, 0.2) is 0 Å². The van der Waals surface area contributed by atoms with Gasteiger partial charge in [0.05, 0.1) is 4.92 Å². The Kier molecular flexibility index (Phi) is 2.44. The highest BCUT2D eigenvalue weighted by Crippen LogP contribution is 2.11. The summed E-state index contributed by atoms with van der Waals surface area (Å²) in [6.07, 6.45) is 5.59. The molecule has 12 heavy (non-hydrogen) atoms. The predicted octanol–water partition coefficient (Wildman–Crippen LogP) is 1.77. The normalized spacial score (nSPS) is 8.92. The second-order valence-corrected chi connectivity index (χ2v) is 2.30. The van der Waals surface area contributed by atoms with Gasteiger partial charge in [-0.15, -0.1) is 12.3 Å². The molecule has 0 aliphatic rings. The molecule has 3 heteroatoms. The molecule has 0 aromatic heterocycles. The fraction of sp³-hybridized carbons (Fsp3) is 0.111. The van der Waals surface area contributed by atoms with Crippen LogP contribution in [0.15, 0.2) is 24.3 Å². The summed E-state index contributed by atoms with van der Waals surface area (Å²) in [5.74, 6) is 2.46. The lowest BCUT2D eigenvalue weighted by Crippen LogP contribution is -1.88. The molecule has 60 valence electrons. The first-order valence-electron chi connectivity index (χ1n) is 3.41. The largest absolute Gasteiger partial charge is 0.269 e. The van der Waals surface area contributed by atoms with Crippen LogP contribution in [0, 0.1) is 22.5 Å². The molecule has 0 N–H and O–H groups in total.